The van der Waals surface area contributed by atoms with Gasteiger partial charge in [0.25, 0.3) is 0 Å². The van der Waals surface area contributed by atoms with E-state index in [0.29, 0.717) is 0 Å². The molecule has 0 bridgehead atoms. The Balaban J connectivity index is 1.12. The summed E-state index contributed by atoms with van der Waals surface area (Å²) in [5, 5.41) is 9.34. The van der Waals surface area contributed by atoms with Crippen molar-refractivity contribution < 1.29 is 4.42 Å². The first-order valence-electron chi connectivity index (χ1n) is 15.9. The molecule has 0 amide bonds. The maximum atomic E-state index is 6.55. The lowest BCUT2D eigenvalue weighted by Gasteiger charge is -2.12. The van der Waals surface area contributed by atoms with Crippen molar-refractivity contribution >= 4 is 65.3 Å². The first-order chi connectivity index (χ1) is 23.3. The van der Waals surface area contributed by atoms with E-state index in [2.05, 4.69) is 146 Å². The number of benzene rings is 8. The van der Waals surface area contributed by atoms with E-state index in [1.807, 2.05) is 12.3 Å². The lowest BCUT2D eigenvalue weighted by molar-refractivity contribution is 0.670. The molecule has 0 saturated heterocycles. The highest BCUT2D eigenvalue weighted by Crippen LogP contribution is 2.42. The zero-order valence-corrected chi connectivity index (χ0v) is 25.3. The number of hydrogen-bond donors (Lipinski definition) is 0. The second-order valence-corrected chi connectivity index (χ2v) is 12.2. The van der Waals surface area contributed by atoms with E-state index in [0.717, 1.165) is 77.3 Å². The maximum absolute atomic E-state index is 6.55. The molecule has 0 aliphatic heterocycles. The number of furan rings is 1. The van der Waals surface area contributed by atoms with Crippen LogP contribution in [0.3, 0.4) is 0 Å². The molecule has 0 spiro atoms. The van der Waals surface area contributed by atoms with E-state index in [4.69, 9.17) is 14.4 Å². The van der Waals surface area contributed by atoms with Gasteiger partial charge in [-0.2, -0.15) is 0 Å². The molecule has 10 aromatic rings. The molecule has 2 heterocycles. The molecule has 3 heteroatoms. The van der Waals surface area contributed by atoms with E-state index < -0.39 is 0 Å². The Labute approximate surface area is 270 Å². The molecular formula is C44H26N2O. The van der Waals surface area contributed by atoms with Crippen LogP contribution in [0.5, 0.6) is 0 Å². The van der Waals surface area contributed by atoms with Crippen molar-refractivity contribution in [3.63, 3.8) is 0 Å². The predicted octanol–water partition coefficient (Wildman–Crippen LogP) is 12.0. The summed E-state index contributed by atoms with van der Waals surface area (Å²) in [5.74, 6) is 0. The van der Waals surface area contributed by atoms with Gasteiger partial charge in [-0.1, -0.05) is 127 Å². The standard InChI is InChI=1S/C44H26N2O/c1-2-16-32-30(11-1)25-38(44-41(32)37-21-7-8-22-40(37)47-44)29-14-9-12-27(23-29)28-13-10-15-31(24-28)39-26-45-42-35-19-5-3-17-33(35)34-18-4-6-20-36(34)43(42)46-39/h1-26H. The van der Waals surface area contributed by atoms with Gasteiger partial charge in [-0.05, 0) is 62.5 Å². The van der Waals surface area contributed by atoms with Crippen molar-refractivity contribution in [2.24, 2.45) is 0 Å². The van der Waals surface area contributed by atoms with Gasteiger partial charge in [0.1, 0.15) is 11.2 Å². The summed E-state index contributed by atoms with van der Waals surface area (Å²) in [6.07, 6.45) is 1.91. The number of hydrogen-bond acceptors (Lipinski definition) is 3. The van der Waals surface area contributed by atoms with Crippen LogP contribution in [0.1, 0.15) is 0 Å². The van der Waals surface area contributed by atoms with Crippen molar-refractivity contribution in [3.05, 3.63) is 158 Å². The zero-order chi connectivity index (χ0) is 30.9. The summed E-state index contributed by atoms with van der Waals surface area (Å²) in [6.45, 7) is 0. The van der Waals surface area contributed by atoms with Crippen LogP contribution in [0.25, 0.3) is 98.8 Å². The van der Waals surface area contributed by atoms with Gasteiger partial charge in [0.2, 0.25) is 0 Å². The summed E-state index contributed by atoms with van der Waals surface area (Å²) in [6, 6.07) is 53.5. The number of aromatic nitrogens is 2. The third-order valence-electron chi connectivity index (χ3n) is 9.46. The van der Waals surface area contributed by atoms with Gasteiger partial charge in [0.05, 0.1) is 22.9 Å². The van der Waals surface area contributed by atoms with Crippen LogP contribution < -0.4 is 0 Å². The number of fused-ring (bicyclic) bond motifs is 11. The quantitative estimate of drug-likeness (QED) is 0.190. The molecule has 3 nitrogen and oxygen atoms in total. The third-order valence-corrected chi connectivity index (χ3v) is 9.46. The van der Waals surface area contributed by atoms with Gasteiger partial charge >= 0.3 is 0 Å². The Kier molecular flexibility index (Phi) is 5.57. The molecule has 0 fully saturated rings. The Morgan fingerprint density at radius 2 is 1.00 bits per heavy atom. The molecule has 0 N–H and O–H groups in total. The monoisotopic (exact) mass is 598 g/mol. The largest absolute Gasteiger partial charge is 0.455 e. The smallest absolute Gasteiger partial charge is 0.143 e. The van der Waals surface area contributed by atoms with Crippen LogP contribution in [0, 0.1) is 0 Å². The van der Waals surface area contributed by atoms with Crippen LogP contribution in [0.4, 0.5) is 0 Å². The van der Waals surface area contributed by atoms with Crippen molar-refractivity contribution in [1.82, 2.24) is 9.97 Å². The van der Waals surface area contributed by atoms with Crippen molar-refractivity contribution in [2.75, 3.05) is 0 Å². The first-order valence-corrected chi connectivity index (χ1v) is 15.9. The minimum Gasteiger partial charge on any atom is -0.455 e. The minimum absolute atomic E-state index is 0.856. The highest BCUT2D eigenvalue weighted by molar-refractivity contribution is 6.24. The Morgan fingerprint density at radius 1 is 0.426 bits per heavy atom. The van der Waals surface area contributed by atoms with E-state index in [1.165, 1.54) is 21.5 Å². The highest BCUT2D eigenvalue weighted by atomic mass is 16.3. The van der Waals surface area contributed by atoms with Crippen LogP contribution in [-0.2, 0) is 0 Å². The van der Waals surface area contributed by atoms with Crippen molar-refractivity contribution in [3.8, 4) is 33.5 Å². The van der Waals surface area contributed by atoms with Crippen LogP contribution in [-0.4, -0.2) is 9.97 Å². The minimum atomic E-state index is 0.856. The summed E-state index contributed by atoms with van der Waals surface area (Å²) in [5.41, 5.74) is 10.0. The molecule has 10 rings (SSSR count). The van der Waals surface area contributed by atoms with Crippen molar-refractivity contribution in [2.45, 2.75) is 0 Å². The van der Waals surface area contributed by atoms with Crippen molar-refractivity contribution in [1.29, 1.82) is 0 Å². The lowest BCUT2D eigenvalue weighted by Crippen LogP contribution is -1.92. The molecule has 0 saturated carbocycles. The Morgan fingerprint density at radius 3 is 1.77 bits per heavy atom. The lowest BCUT2D eigenvalue weighted by atomic mass is 9.94. The molecule has 47 heavy (non-hydrogen) atoms. The summed E-state index contributed by atoms with van der Waals surface area (Å²) < 4.78 is 6.55. The second kappa shape index (κ2) is 10.1. The third kappa shape index (κ3) is 4.00. The fraction of sp³-hybridized carbons (Fsp3) is 0. The fourth-order valence-electron chi connectivity index (χ4n) is 7.27. The average Bonchev–Trinajstić information content (AvgIpc) is 3.55. The molecule has 218 valence electrons. The van der Waals surface area contributed by atoms with Gasteiger partial charge < -0.3 is 4.42 Å². The van der Waals surface area contributed by atoms with Gasteiger partial charge in [-0.25, -0.2) is 4.98 Å². The molecule has 0 aliphatic carbocycles. The molecule has 2 aromatic heterocycles. The molecule has 0 aliphatic rings. The second-order valence-electron chi connectivity index (χ2n) is 12.2. The van der Waals surface area contributed by atoms with E-state index in [1.54, 1.807) is 0 Å². The number of para-hydroxylation sites is 1. The predicted molar refractivity (Wildman–Crippen MR) is 196 cm³/mol. The summed E-state index contributed by atoms with van der Waals surface area (Å²) >= 11 is 0. The van der Waals surface area contributed by atoms with Gasteiger partial charge in [-0.15, -0.1) is 0 Å². The molecular weight excluding hydrogens is 572 g/mol. The summed E-state index contributed by atoms with van der Waals surface area (Å²) in [7, 11) is 0. The first kappa shape index (κ1) is 26.0. The normalized spacial score (nSPS) is 11.8. The van der Waals surface area contributed by atoms with Crippen LogP contribution in [0.15, 0.2) is 162 Å². The highest BCUT2D eigenvalue weighted by Gasteiger charge is 2.17. The SMILES string of the molecule is c1cc(-c2cccc(-c3cc4ccccc4c4c3oc3ccccc34)c2)cc(-c2cnc3c4ccccc4c4ccccc4c3n2)c1. The van der Waals surface area contributed by atoms with Gasteiger partial charge in [-0.3, -0.25) is 4.98 Å². The molecule has 8 aromatic carbocycles. The van der Waals surface area contributed by atoms with E-state index in [-0.39, 0.29) is 0 Å². The molecule has 0 atom stereocenters. The number of nitrogens with zero attached hydrogens (tertiary/aromatic N) is 2. The zero-order valence-electron chi connectivity index (χ0n) is 25.3. The number of rotatable bonds is 3. The summed E-state index contributed by atoms with van der Waals surface area (Å²) in [4.78, 5) is 10.2. The van der Waals surface area contributed by atoms with Gasteiger partial charge in [0.15, 0.2) is 0 Å². The Hall–Kier alpha value is -6.32. The molecule has 0 unspecified atom stereocenters. The van der Waals surface area contributed by atoms with E-state index in [9.17, 15) is 0 Å². The Bertz CT molecular complexity index is 2830. The van der Waals surface area contributed by atoms with E-state index >= 15 is 0 Å². The van der Waals surface area contributed by atoms with Crippen LogP contribution >= 0.6 is 0 Å². The average molecular weight is 599 g/mol. The molecule has 0 radical (unpaired) electrons. The maximum Gasteiger partial charge on any atom is 0.143 e. The van der Waals surface area contributed by atoms with Crippen LogP contribution in [0.2, 0.25) is 0 Å². The fourth-order valence-corrected chi connectivity index (χ4v) is 7.27. The van der Waals surface area contributed by atoms with Gasteiger partial charge in [0, 0.05) is 32.7 Å². The topological polar surface area (TPSA) is 38.9 Å².